The molecule has 2 rings (SSSR count). The van der Waals surface area contributed by atoms with Crippen LogP contribution in [0.2, 0.25) is 0 Å². The van der Waals surface area contributed by atoms with Crippen LogP contribution in [0.25, 0.3) is 0 Å². The average molecular weight is 495 g/mol. The maximum atomic E-state index is 13.6. The van der Waals surface area contributed by atoms with E-state index >= 15 is 0 Å². The summed E-state index contributed by atoms with van der Waals surface area (Å²) in [5.74, 6) is 0.342. The number of esters is 1. The van der Waals surface area contributed by atoms with E-state index in [2.05, 4.69) is 0 Å². The molecular weight excluding hydrogens is 456 g/mol. The van der Waals surface area contributed by atoms with Crippen molar-refractivity contribution in [2.45, 2.75) is 64.6 Å². The van der Waals surface area contributed by atoms with E-state index in [1.54, 1.807) is 37.1 Å². The lowest BCUT2D eigenvalue weighted by molar-refractivity contribution is -0.144. The summed E-state index contributed by atoms with van der Waals surface area (Å²) in [6.45, 7) is 6.86. The summed E-state index contributed by atoms with van der Waals surface area (Å²) in [7, 11) is 3.16. The lowest BCUT2D eigenvalue weighted by Crippen LogP contribution is -2.57. The van der Waals surface area contributed by atoms with Crippen molar-refractivity contribution in [3.63, 3.8) is 0 Å². The van der Waals surface area contributed by atoms with E-state index in [4.69, 9.17) is 18.9 Å². The van der Waals surface area contributed by atoms with Gasteiger partial charge in [0.2, 0.25) is 0 Å². The van der Waals surface area contributed by atoms with Gasteiger partial charge < -0.3 is 33.9 Å². The molecule has 1 aliphatic heterocycles. The van der Waals surface area contributed by atoms with E-state index in [-0.39, 0.29) is 37.6 Å². The largest absolute Gasteiger partial charge is 0.493 e. The molecule has 1 aromatic rings. The summed E-state index contributed by atoms with van der Waals surface area (Å²) < 4.78 is 21.2. The quantitative estimate of drug-likeness (QED) is 0.347. The summed E-state index contributed by atoms with van der Waals surface area (Å²) in [4.78, 5) is 40.5. The Balaban J connectivity index is 2.22. The van der Waals surface area contributed by atoms with Gasteiger partial charge in [-0.3, -0.25) is 9.59 Å². The molecular formula is C25H38N2O8. The number of methoxy groups -OCH3 is 2. The van der Waals surface area contributed by atoms with Gasteiger partial charge in [-0.1, -0.05) is 0 Å². The SMILES string of the molecule is CCOC(=O)C[C@@H]1CC[C@@H](N(C(=O)c2ccc(OC)c(OCCCOC)c2)C(C)C)CN1C(=O)O. The first-order valence-electron chi connectivity index (χ1n) is 12.0. The van der Waals surface area contributed by atoms with Crippen LogP contribution < -0.4 is 9.47 Å². The highest BCUT2D eigenvalue weighted by Gasteiger charge is 2.38. The van der Waals surface area contributed by atoms with E-state index in [9.17, 15) is 19.5 Å². The third kappa shape index (κ3) is 7.74. The van der Waals surface area contributed by atoms with Crippen molar-refractivity contribution >= 4 is 18.0 Å². The number of hydrogen-bond acceptors (Lipinski definition) is 7. The molecule has 0 unspecified atom stereocenters. The number of benzene rings is 1. The van der Waals surface area contributed by atoms with E-state index < -0.39 is 18.1 Å². The van der Waals surface area contributed by atoms with Gasteiger partial charge in [-0.05, 0) is 51.8 Å². The molecule has 0 bridgehead atoms. The molecule has 1 aromatic carbocycles. The Hall–Kier alpha value is -3.01. The Labute approximate surface area is 207 Å². The van der Waals surface area contributed by atoms with Crippen molar-refractivity contribution in [2.24, 2.45) is 0 Å². The number of likely N-dealkylation sites (tertiary alicyclic amines) is 1. The molecule has 0 saturated carbocycles. The number of ether oxygens (including phenoxy) is 4. The van der Waals surface area contributed by atoms with Gasteiger partial charge in [-0.25, -0.2) is 4.79 Å². The first kappa shape index (κ1) is 28.2. The van der Waals surface area contributed by atoms with Gasteiger partial charge in [0.25, 0.3) is 5.91 Å². The van der Waals surface area contributed by atoms with Crippen LogP contribution in [-0.2, 0) is 14.3 Å². The minimum Gasteiger partial charge on any atom is -0.493 e. The average Bonchev–Trinajstić information content (AvgIpc) is 2.82. The fourth-order valence-electron chi connectivity index (χ4n) is 4.37. The second-order valence-electron chi connectivity index (χ2n) is 8.70. The summed E-state index contributed by atoms with van der Waals surface area (Å²) in [5, 5.41) is 9.79. The molecule has 0 aliphatic carbocycles. The van der Waals surface area contributed by atoms with E-state index in [0.717, 1.165) is 0 Å². The van der Waals surface area contributed by atoms with E-state index in [1.165, 1.54) is 12.0 Å². The minimum absolute atomic E-state index is 0.00470. The Morgan fingerprint density at radius 3 is 2.49 bits per heavy atom. The molecule has 196 valence electrons. The van der Waals surface area contributed by atoms with Gasteiger partial charge in [-0.15, -0.1) is 0 Å². The van der Waals surface area contributed by atoms with Crippen molar-refractivity contribution in [2.75, 3.05) is 40.6 Å². The second kappa shape index (κ2) is 13.8. The van der Waals surface area contributed by atoms with Gasteiger partial charge in [0.15, 0.2) is 11.5 Å². The number of carbonyl (C=O) groups excluding carboxylic acids is 2. The van der Waals surface area contributed by atoms with Gasteiger partial charge in [0, 0.05) is 44.3 Å². The van der Waals surface area contributed by atoms with Crippen LogP contribution in [0.5, 0.6) is 11.5 Å². The second-order valence-corrected chi connectivity index (χ2v) is 8.70. The van der Waals surface area contributed by atoms with Crippen molar-refractivity contribution in [3.8, 4) is 11.5 Å². The number of piperidine rings is 1. The molecule has 1 saturated heterocycles. The first-order valence-corrected chi connectivity index (χ1v) is 12.0. The molecule has 1 fully saturated rings. The molecule has 2 atom stereocenters. The number of amides is 2. The lowest BCUT2D eigenvalue weighted by atomic mass is 9.94. The smallest absolute Gasteiger partial charge is 0.407 e. The highest BCUT2D eigenvalue weighted by Crippen LogP contribution is 2.31. The number of carboxylic acid groups (broad SMARTS) is 1. The van der Waals surface area contributed by atoms with Crippen molar-refractivity contribution in [1.29, 1.82) is 0 Å². The van der Waals surface area contributed by atoms with E-state index in [0.29, 0.717) is 49.5 Å². The fourth-order valence-corrected chi connectivity index (χ4v) is 4.37. The normalized spacial score (nSPS) is 17.7. The number of hydrogen-bond donors (Lipinski definition) is 1. The van der Waals surface area contributed by atoms with Crippen LogP contribution in [0.15, 0.2) is 18.2 Å². The summed E-state index contributed by atoms with van der Waals surface area (Å²) in [5.41, 5.74) is 0.428. The maximum absolute atomic E-state index is 13.6. The molecule has 0 aromatic heterocycles. The third-order valence-electron chi connectivity index (χ3n) is 5.98. The molecule has 1 heterocycles. The van der Waals surface area contributed by atoms with Gasteiger partial charge in [-0.2, -0.15) is 0 Å². The zero-order chi connectivity index (χ0) is 26.0. The monoisotopic (exact) mass is 494 g/mol. The highest BCUT2D eigenvalue weighted by atomic mass is 16.5. The van der Waals surface area contributed by atoms with Crippen LogP contribution in [0.4, 0.5) is 4.79 Å². The zero-order valence-electron chi connectivity index (χ0n) is 21.3. The first-order chi connectivity index (χ1) is 16.7. The summed E-state index contributed by atoms with van der Waals surface area (Å²) >= 11 is 0. The number of carbonyl (C=O) groups is 3. The number of nitrogens with zero attached hydrogens (tertiary/aromatic N) is 2. The Bertz CT molecular complexity index is 860. The molecule has 0 radical (unpaired) electrons. The fraction of sp³-hybridized carbons (Fsp3) is 0.640. The lowest BCUT2D eigenvalue weighted by Gasteiger charge is -2.43. The topological polar surface area (TPSA) is 115 Å². The molecule has 10 heteroatoms. The van der Waals surface area contributed by atoms with Crippen molar-refractivity contribution < 1.29 is 38.4 Å². The molecule has 2 amide bonds. The Morgan fingerprint density at radius 1 is 1.14 bits per heavy atom. The number of rotatable bonds is 12. The minimum atomic E-state index is -1.11. The van der Waals surface area contributed by atoms with Gasteiger partial charge in [0.05, 0.1) is 32.8 Å². The zero-order valence-corrected chi connectivity index (χ0v) is 21.3. The highest BCUT2D eigenvalue weighted by molar-refractivity contribution is 5.95. The molecule has 0 spiro atoms. The standard InChI is InChI=1S/C25H38N2O8/c1-6-34-23(28)15-19-9-10-20(16-26(19)25(30)31)27(17(2)3)24(29)18-8-11-21(33-5)22(14-18)35-13-7-12-32-4/h8,11,14,17,19-20H,6-7,9-10,12-13,15-16H2,1-5H3,(H,30,31)/t19-,20+/m0/s1. The van der Waals surface area contributed by atoms with Crippen LogP contribution >= 0.6 is 0 Å². The predicted molar refractivity (Wildman–Crippen MR) is 129 cm³/mol. The van der Waals surface area contributed by atoms with Gasteiger partial charge in [0.1, 0.15) is 0 Å². The van der Waals surface area contributed by atoms with E-state index in [1.807, 2.05) is 13.8 Å². The predicted octanol–water partition coefficient (Wildman–Crippen LogP) is 3.43. The summed E-state index contributed by atoms with van der Waals surface area (Å²) in [6.07, 6.45) is 0.619. The van der Waals surface area contributed by atoms with Crippen LogP contribution in [0.1, 0.15) is 56.8 Å². The maximum Gasteiger partial charge on any atom is 0.407 e. The van der Waals surface area contributed by atoms with Crippen molar-refractivity contribution in [1.82, 2.24) is 9.80 Å². The van der Waals surface area contributed by atoms with Gasteiger partial charge >= 0.3 is 12.1 Å². The molecule has 10 nitrogen and oxygen atoms in total. The summed E-state index contributed by atoms with van der Waals surface area (Å²) in [6, 6.07) is 4.06. The van der Waals surface area contributed by atoms with Crippen LogP contribution in [-0.4, -0.2) is 91.6 Å². The Morgan fingerprint density at radius 2 is 1.89 bits per heavy atom. The van der Waals surface area contributed by atoms with Crippen molar-refractivity contribution in [3.05, 3.63) is 23.8 Å². The third-order valence-corrected chi connectivity index (χ3v) is 5.98. The molecule has 1 N–H and O–H groups in total. The Kier molecular flexibility index (Phi) is 11.1. The van der Waals surface area contributed by atoms with Crippen LogP contribution in [0.3, 0.4) is 0 Å². The van der Waals surface area contributed by atoms with Crippen LogP contribution in [0, 0.1) is 0 Å². The molecule has 35 heavy (non-hydrogen) atoms. The molecule has 1 aliphatic rings.